The van der Waals surface area contributed by atoms with Crippen LogP contribution in [0.5, 0.6) is 11.5 Å². The van der Waals surface area contributed by atoms with Gasteiger partial charge < -0.3 is 9.47 Å². The fraction of sp³-hybridized carbons (Fsp3) is 0.235. The summed E-state index contributed by atoms with van der Waals surface area (Å²) < 4.78 is 11.1. The minimum absolute atomic E-state index is 0.508. The molecule has 0 unspecified atom stereocenters. The van der Waals surface area contributed by atoms with Gasteiger partial charge in [-0.15, -0.1) is 0 Å². The van der Waals surface area contributed by atoms with E-state index in [4.69, 9.17) is 21.1 Å². The fourth-order valence-corrected chi connectivity index (χ4v) is 2.18. The van der Waals surface area contributed by atoms with E-state index in [0.717, 1.165) is 11.3 Å². The Morgan fingerprint density at radius 3 is 2.50 bits per heavy atom. The van der Waals surface area contributed by atoms with E-state index in [1.54, 1.807) is 12.3 Å². The molecule has 0 bridgehead atoms. The van der Waals surface area contributed by atoms with Gasteiger partial charge in [0.1, 0.15) is 0 Å². The highest BCUT2D eigenvalue weighted by Gasteiger charge is 2.11. The van der Waals surface area contributed by atoms with Crippen LogP contribution in [0.1, 0.15) is 19.4 Å². The Morgan fingerprint density at radius 2 is 1.82 bits per heavy atom. The zero-order valence-corrected chi connectivity index (χ0v) is 13.4. The lowest BCUT2D eigenvalue weighted by molar-refractivity contribution is 0.288. The monoisotopic (exact) mass is 318 g/mol. The molecule has 0 radical (unpaired) electrons. The number of nitrogens with zero attached hydrogens (tertiary/aromatic N) is 1. The van der Waals surface area contributed by atoms with E-state index in [1.165, 1.54) is 0 Å². The van der Waals surface area contributed by atoms with Crippen molar-refractivity contribution in [3.8, 4) is 11.5 Å². The third-order valence-electron chi connectivity index (χ3n) is 2.80. The maximum absolute atomic E-state index is 6.26. The summed E-state index contributed by atoms with van der Waals surface area (Å²) in [4.78, 5) is 0. The van der Waals surface area contributed by atoms with Gasteiger partial charge in [0.05, 0.1) is 30.1 Å². The maximum atomic E-state index is 6.26. The second-order valence-electron chi connectivity index (χ2n) is 4.43. The lowest BCUT2D eigenvalue weighted by Gasteiger charge is -2.13. The quantitative estimate of drug-likeness (QED) is 0.600. The van der Waals surface area contributed by atoms with Crippen molar-refractivity contribution in [3.05, 3.63) is 53.1 Å². The van der Waals surface area contributed by atoms with Crippen LogP contribution in [-0.4, -0.2) is 19.4 Å². The van der Waals surface area contributed by atoms with Gasteiger partial charge in [-0.05, 0) is 43.7 Å². The molecule has 0 fully saturated rings. The summed E-state index contributed by atoms with van der Waals surface area (Å²) in [6.07, 6.45) is 1.69. The number of rotatable bonds is 7. The van der Waals surface area contributed by atoms with Gasteiger partial charge in [0.2, 0.25) is 0 Å². The number of hydrogen-bond acceptors (Lipinski definition) is 4. The van der Waals surface area contributed by atoms with Gasteiger partial charge in [0.25, 0.3) is 0 Å². The van der Waals surface area contributed by atoms with Crippen molar-refractivity contribution in [3.63, 3.8) is 0 Å². The van der Waals surface area contributed by atoms with Crippen molar-refractivity contribution in [1.82, 2.24) is 0 Å². The summed E-state index contributed by atoms with van der Waals surface area (Å²) in [6.45, 7) is 4.90. The average molecular weight is 319 g/mol. The van der Waals surface area contributed by atoms with Crippen LogP contribution in [-0.2, 0) is 0 Å². The normalized spacial score (nSPS) is 10.7. The third-order valence-corrected chi connectivity index (χ3v) is 3.08. The van der Waals surface area contributed by atoms with Crippen LogP contribution in [0.25, 0.3) is 0 Å². The molecule has 5 heteroatoms. The van der Waals surface area contributed by atoms with Gasteiger partial charge in [-0.1, -0.05) is 29.8 Å². The lowest BCUT2D eigenvalue weighted by Crippen LogP contribution is -2.00. The maximum Gasteiger partial charge on any atom is 0.179 e. The summed E-state index contributed by atoms with van der Waals surface area (Å²) in [5.41, 5.74) is 4.71. The second kappa shape index (κ2) is 8.29. The second-order valence-corrected chi connectivity index (χ2v) is 4.84. The summed E-state index contributed by atoms with van der Waals surface area (Å²) in [5.74, 6) is 1.19. The predicted octanol–water partition coefficient (Wildman–Crippen LogP) is 4.58. The van der Waals surface area contributed by atoms with Crippen LogP contribution in [0.15, 0.2) is 47.6 Å². The molecule has 116 valence electrons. The summed E-state index contributed by atoms with van der Waals surface area (Å²) >= 11 is 6.26. The molecule has 0 atom stereocenters. The highest BCUT2D eigenvalue weighted by molar-refractivity contribution is 6.32. The predicted molar refractivity (Wildman–Crippen MR) is 91.4 cm³/mol. The van der Waals surface area contributed by atoms with Crippen molar-refractivity contribution in [2.24, 2.45) is 5.10 Å². The zero-order chi connectivity index (χ0) is 15.8. The third kappa shape index (κ3) is 4.40. The van der Waals surface area contributed by atoms with E-state index in [-0.39, 0.29) is 0 Å². The molecule has 2 aromatic rings. The number of hydrazone groups is 1. The van der Waals surface area contributed by atoms with E-state index < -0.39 is 0 Å². The first-order valence-corrected chi connectivity index (χ1v) is 7.55. The lowest BCUT2D eigenvalue weighted by atomic mass is 10.2. The van der Waals surface area contributed by atoms with Crippen molar-refractivity contribution >= 4 is 23.5 Å². The van der Waals surface area contributed by atoms with Crippen LogP contribution in [0.3, 0.4) is 0 Å². The summed E-state index contributed by atoms with van der Waals surface area (Å²) in [5, 5.41) is 4.71. The van der Waals surface area contributed by atoms with E-state index in [2.05, 4.69) is 10.5 Å². The van der Waals surface area contributed by atoms with E-state index in [0.29, 0.717) is 29.7 Å². The Bertz CT molecular complexity index is 630. The van der Waals surface area contributed by atoms with Crippen LogP contribution in [0.2, 0.25) is 5.02 Å². The van der Waals surface area contributed by atoms with Crippen LogP contribution in [0, 0.1) is 0 Å². The average Bonchev–Trinajstić information content (AvgIpc) is 2.52. The van der Waals surface area contributed by atoms with Gasteiger partial charge >= 0.3 is 0 Å². The molecule has 4 nitrogen and oxygen atoms in total. The van der Waals surface area contributed by atoms with E-state index in [1.807, 2.05) is 50.2 Å². The first-order chi connectivity index (χ1) is 10.7. The molecule has 2 rings (SSSR count). The molecule has 0 aliphatic heterocycles. The van der Waals surface area contributed by atoms with Crippen molar-refractivity contribution in [1.29, 1.82) is 0 Å². The van der Waals surface area contributed by atoms with E-state index in [9.17, 15) is 0 Å². The van der Waals surface area contributed by atoms with Crippen LogP contribution < -0.4 is 14.9 Å². The highest BCUT2D eigenvalue weighted by atomic mass is 35.5. The number of hydrogen-bond donors (Lipinski definition) is 1. The van der Waals surface area contributed by atoms with Gasteiger partial charge in [0, 0.05) is 0 Å². The fourth-order valence-electron chi connectivity index (χ4n) is 1.90. The molecular weight excluding hydrogens is 300 g/mol. The van der Waals surface area contributed by atoms with Gasteiger partial charge in [-0.2, -0.15) is 5.10 Å². The van der Waals surface area contributed by atoms with E-state index >= 15 is 0 Å². The van der Waals surface area contributed by atoms with Crippen molar-refractivity contribution in [2.75, 3.05) is 18.6 Å². The number of halogens is 1. The number of para-hydroxylation sites is 1. The Balaban J connectivity index is 2.17. The van der Waals surface area contributed by atoms with Crippen LogP contribution >= 0.6 is 11.6 Å². The Kier molecular flexibility index (Phi) is 6.10. The molecule has 0 aromatic heterocycles. The van der Waals surface area contributed by atoms with Crippen LogP contribution in [0.4, 0.5) is 5.69 Å². The molecule has 1 N–H and O–H groups in total. The van der Waals surface area contributed by atoms with Gasteiger partial charge in [-0.3, -0.25) is 5.43 Å². The SMILES string of the molecule is CCOc1cc(/C=N/Nc2ccccc2)cc(Cl)c1OCC. The number of nitrogens with one attached hydrogen (secondary N) is 1. The first kappa shape index (κ1) is 16.2. The smallest absolute Gasteiger partial charge is 0.179 e. The molecule has 0 aliphatic carbocycles. The first-order valence-electron chi connectivity index (χ1n) is 7.17. The molecule has 0 aliphatic rings. The molecule has 22 heavy (non-hydrogen) atoms. The number of ether oxygens (including phenoxy) is 2. The molecule has 0 amide bonds. The number of benzene rings is 2. The molecule has 0 spiro atoms. The molecule has 0 heterocycles. The highest BCUT2D eigenvalue weighted by Crippen LogP contribution is 2.36. The molecular formula is C17H19ClN2O2. The molecule has 0 saturated heterocycles. The summed E-state index contributed by atoms with van der Waals surface area (Å²) in [6, 6.07) is 13.4. The van der Waals surface area contributed by atoms with Crippen molar-refractivity contribution < 1.29 is 9.47 Å². The Labute approximate surface area is 135 Å². The zero-order valence-electron chi connectivity index (χ0n) is 12.7. The minimum Gasteiger partial charge on any atom is -0.490 e. The standard InChI is InChI=1S/C17H19ClN2O2/c1-3-21-16-11-13(10-15(18)17(16)22-4-2)12-19-20-14-8-6-5-7-9-14/h5-12,20H,3-4H2,1-2H3/b19-12+. The topological polar surface area (TPSA) is 42.8 Å². The molecule has 2 aromatic carbocycles. The minimum atomic E-state index is 0.508. The van der Waals surface area contributed by atoms with Gasteiger partial charge in [-0.25, -0.2) is 0 Å². The van der Waals surface area contributed by atoms with Crippen molar-refractivity contribution in [2.45, 2.75) is 13.8 Å². The molecule has 0 saturated carbocycles. The Morgan fingerprint density at radius 1 is 1.09 bits per heavy atom. The summed E-state index contributed by atoms with van der Waals surface area (Å²) in [7, 11) is 0. The largest absolute Gasteiger partial charge is 0.490 e. The van der Waals surface area contributed by atoms with Gasteiger partial charge in [0.15, 0.2) is 11.5 Å². The Hall–Kier alpha value is -2.20. The number of anilines is 1.